The maximum Gasteiger partial charge on any atom is 0.332 e. The third-order valence-electron chi connectivity index (χ3n) is 1.11. The molecule has 62 valence electrons. The number of allylic oxidation sites excluding steroid dienone is 2. The van der Waals surface area contributed by atoms with Crippen LogP contribution in [0.3, 0.4) is 0 Å². The predicted octanol–water partition coefficient (Wildman–Crippen LogP) is 0.954. The Morgan fingerprint density at radius 2 is 2.18 bits per heavy atom. The standard InChI is InChI=1S/C8H12O3/c1-2-3-4-5-6-7(9)8(10)11/h2,4-5,7,9H,1,3,6H2,(H,10,11). The molecule has 0 heterocycles. The SMILES string of the molecule is C=CCC=CCC(O)C(=O)O. The van der Waals surface area contributed by atoms with Gasteiger partial charge in [0.15, 0.2) is 6.10 Å². The molecule has 0 aliphatic rings. The first-order valence-corrected chi connectivity index (χ1v) is 3.35. The Balaban J connectivity index is 3.52. The maximum atomic E-state index is 10.1. The monoisotopic (exact) mass is 156 g/mol. The van der Waals surface area contributed by atoms with E-state index in [2.05, 4.69) is 6.58 Å². The number of carboxylic acids is 1. The van der Waals surface area contributed by atoms with Crippen molar-refractivity contribution < 1.29 is 15.0 Å². The van der Waals surface area contributed by atoms with Crippen molar-refractivity contribution in [2.75, 3.05) is 0 Å². The van der Waals surface area contributed by atoms with Gasteiger partial charge in [0.25, 0.3) is 0 Å². The van der Waals surface area contributed by atoms with E-state index in [4.69, 9.17) is 10.2 Å². The van der Waals surface area contributed by atoms with Crippen LogP contribution in [0.15, 0.2) is 24.8 Å². The van der Waals surface area contributed by atoms with E-state index in [0.717, 1.165) is 0 Å². The highest BCUT2D eigenvalue weighted by Crippen LogP contribution is 1.94. The summed E-state index contributed by atoms with van der Waals surface area (Å²) in [7, 11) is 0. The van der Waals surface area contributed by atoms with Crippen LogP contribution < -0.4 is 0 Å². The van der Waals surface area contributed by atoms with Gasteiger partial charge in [0, 0.05) is 6.42 Å². The number of aliphatic carboxylic acids is 1. The van der Waals surface area contributed by atoms with Crippen LogP contribution >= 0.6 is 0 Å². The Bertz CT molecular complexity index is 161. The minimum absolute atomic E-state index is 0.156. The van der Waals surface area contributed by atoms with Crippen molar-refractivity contribution >= 4 is 5.97 Å². The van der Waals surface area contributed by atoms with Crippen LogP contribution in [-0.4, -0.2) is 22.3 Å². The van der Waals surface area contributed by atoms with Gasteiger partial charge in [0.1, 0.15) is 0 Å². The number of rotatable bonds is 5. The van der Waals surface area contributed by atoms with Gasteiger partial charge in [-0.2, -0.15) is 0 Å². The van der Waals surface area contributed by atoms with E-state index >= 15 is 0 Å². The lowest BCUT2D eigenvalue weighted by Gasteiger charge is -1.98. The van der Waals surface area contributed by atoms with E-state index in [1.165, 1.54) is 0 Å². The number of hydrogen-bond donors (Lipinski definition) is 2. The molecule has 0 aromatic heterocycles. The third kappa shape index (κ3) is 5.36. The molecule has 0 rings (SSSR count). The summed E-state index contributed by atoms with van der Waals surface area (Å²) in [5.41, 5.74) is 0. The van der Waals surface area contributed by atoms with E-state index in [1.54, 1.807) is 18.2 Å². The molecule has 0 aromatic rings. The first-order valence-electron chi connectivity index (χ1n) is 3.35. The summed E-state index contributed by atoms with van der Waals surface area (Å²) in [6.45, 7) is 3.48. The average molecular weight is 156 g/mol. The van der Waals surface area contributed by atoms with E-state index in [-0.39, 0.29) is 6.42 Å². The van der Waals surface area contributed by atoms with Crippen molar-refractivity contribution in [1.82, 2.24) is 0 Å². The fourth-order valence-corrected chi connectivity index (χ4v) is 0.518. The Morgan fingerprint density at radius 1 is 1.55 bits per heavy atom. The van der Waals surface area contributed by atoms with E-state index in [9.17, 15) is 4.79 Å². The summed E-state index contributed by atoms with van der Waals surface area (Å²) in [4.78, 5) is 10.1. The molecule has 2 N–H and O–H groups in total. The molecule has 3 nitrogen and oxygen atoms in total. The Morgan fingerprint density at radius 3 is 2.64 bits per heavy atom. The number of carboxylic acid groups (broad SMARTS) is 1. The third-order valence-corrected chi connectivity index (χ3v) is 1.11. The summed E-state index contributed by atoms with van der Waals surface area (Å²) in [5.74, 6) is -1.19. The fourth-order valence-electron chi connectivity index (χ4n) is 0.518. The van der Waals surface area contributed by atoms with Crippen LogP contribution in [0.4, 0.5) is 0 Å². The molecule has 1 atom stereocenters. The van der Waals surface area contributed by atoms with E-state index < -0.39 is 12.1 Å². The Kier molecular flexibility index (Phi) is 5.11. The lowest BCUT2D eigenvalue weighted by atomic mass is 10.2. The smallest absolute Gasteiger partial charge is 0.332 e. The number of carbonyl (C=O) groups is 1. The maximum absolute atomic E-state index is 10.1. The molecule has 0 amide bonds. The van der Waals surface area contributed by atoms with Crippen molar-refractivity contribution in [1.29, 1.82) is 0 Å². The second-order valence-electron chi connectivity index (χ2n) is 2.09. The number of hydrogen-bond acceptors (Lipinski definition) is 2. The van der Waals surface area contributed by atoms with E-state index in [1.807, 2.05) is 0 Å². The molecular weight excluding hydrogens is 144 g/mol. The highest BCUT2D eigenvalue weighted by Gasteiger charge is 2.09. The average Bonchev–Trinajstić information content (AvgIpc) is 1.97. The van der Waals surface area contributed by atoms with Gasteiger partial charge in [-0.15, -0.1) is 6.58 Å². The zero-order valence-corrected chi connectivity index (χ0v) is 6.23. The van der Waals surface area contributed by atoms with Gasteiger partial charge in [-0.1, -0.05) is 18.2 Å². The van der Waals surface area contributed by atoms with Crippen molar-refractivity contribution in [3.8, 4) is 0 Å². The quantitative estimate of drug-likeness (QED) is 0.583. The van der Waals surface area contributed by atoms with Gasteiger partial charge in [0.2, 0.25) is 0 Å². The van der Waals surface area contributed by atoms with Gasteiger partial charge in [-0.05, 0) is 6.42 Å². The lowest BCUT2D eigenvalue weighted by Crippen LogP contribution is -2.17. The van der Waals surface area contributed by atoms with Crippen LogP contribution in [-0.2, 0) is 4.79 Å². The van der Waals surface area contributed by atoms with Gasteiger partial charge in [-0.25, -0.2) is 4.79 Å². The van der Waals surface area contributed by atoms with Crippen LogP contribution in [0.2, 0.25) is 0 Å². The van der Waals surface area contributed by atoms with Crippen molar-refractivity contribution in [2.24, 2.45) is 0 Å². The fraction of sp³-hybridized carbons (Fsp3) is 0.375. The number of aliphatic hydroxyl groups is 1. The molecular formula is C8H12O3. The van der Waals surface area contributed by atoms with Gasteiger partial charge < -0.3 is 10.2 Å². The molecule has 0 fully saturated rings. The molecule has 0 aliphatic heterocycles. The van der Waals surface area contributed by atoms with Gasteiger partial charge in [0.05, 0.1) is 0 Å². The normalized spacial score (nSPS) is 13.2. The summed E-state index contributed by atoms with van der Waals surface area (Å²) >= 11 is 0. The number of aliphatic hydroxyl groups excluding tert-OH is 1. The molecule has 11 heavy (non-hydrogen) atoms. The van der Waals surface area contributed by atoms with Crippen molar-refractivity contribution in [3.63, 3.8) is 0 Å². The molecule has 0 bridgehead atoms. The molecule has 0 aliphatic carbocycles. The first kappa shape index (κ1) is 9.91. The summed E-state index contributed by atoms with van der Waals surface area (Å²) in [6, 6.07) is 0. The zero-order valence-electron chi connectivity index (χ0n) is 6.23. The summed E-state index contributed by atoms with van der Waals surface area (Å²) < 4.78 is 0. The van der Waals surface area contributed by atoms with Gasteiger partial charge >= 0.3 is 5.97 Å². The highest BCUT2D eigenvalue weighted by atomic mass is 16.4. The van der Waals surface area contributed by atoms with Crippen LogP contribution in [0.1, 0.15) is 12.8 Å². The second kappa shape index (κ2) is 5.68. The predicted molar refractivity (Wildman–Crippen MR) is 42.2 cm³/mol. The zero-order chi connectivity index (χ0) is 8.69. The first-order chi connectivity index (χ1) is 5.18. The van der Waals surface area contributed by atoms with Gasteiger partial charge in [-0.3, -0.25) is 0 Å². The molecule has 0 radical (unpaired) electrons. The highest BCUT2D eigenvalue weighted by molar-refractivity contribution is 5.72. The molecule has 0 saturated heterocycles. The van der Waals surface area contributed by atoms with Crippen LogP contribution in [0.25, 0.3) is 0 Å². The van der Waals surface area contributed by atoms with Crippen LogP contribution in [0, 0.1) is 0 Å². The van der Waals surface area contributed by atoms with Crippen molar-refractivity contribution in [2.45, 2.75) is 18.9 Å². The minimum Gasteiger partial charge on any atom is -0.479 e. The summed E-state index contributed by atoms with van der Waals surface area (Å²) in [5, 5.41) is 17.0. The van der Waals surface area contributed by atoms with Crippen molar-refractivity contribution in [3.05, 3.63) is 24.8 Å². The van der Waals surface area contributed by atoms with E-state index in [0.29, 0.717) is 6.42 Å². The second-order valence-corrected chi connectivity index (χ2v) is 2.09. The Labute approximate surface area is 65.7 Å². The summed E-state index contributed by atoms with van der Waals surface area (Å²) in [6.07, 6.45) is 4.66. The van der Waals surface area contributed by atoms with Crippen LogP contribution in [0.5, 0.6) is 0 Å². The minimum atomic E-state index is -1.28. The lowest BCUT2D eigenvalue weighted by molar-refractivity contribution is -0.146. The largest absolute Gasteiger partial charge is 0.479 e. The molecule has 0 aromatic carbocycles. The Hall–Kier alpha value is -1.09. The molecule has 0 spiro atoms. The molecule has 0 saturated carbocycles. The molecule has 1 unspecified atom stereocenters. The molecule has 3 heteroatoms. The topological polar surface area (TPSA) is 57.5 Å².